The highest BCUT2D eigenvalue weighted by atomic mass is 16.6. The third kappa shape index (κ3) is 5.27. The number of carbonyl (C=O) groups excluding carboxylic acids is 4. The van der Waals surface area contributed by atoms with E-state index in [1.807, 2.05) is 30.3 Å². The fourth-order valence-corrected chi connectivity index (χ4v) is 4.71. The van der Waals surface area contributed by atoms with E-state index in [-0.39, 0.29) is 30.5 Å². The number of nitrogens with one attached hydrogen (secondary N) is 2. The number of hydrogen-bond donors (Lipinski definition) is 2. The smallest absolute Gasteiger partial charge is 0.414 e. The molecule has 2 saturated heterocycles. The van der Waals surface area contributed by atoms with Crippen LogP contribution in [0, 0.1) is 5.41 Å². The molecule has 4 rings (SSSR count). The van der Waals surface area contributed by atoms with Crippen LogP contribution in [0.15, 0.2) is 48.8 Å². The molecule has 202 valence electrons. The average Bonchev–Trinajstić information content (AvgIpc) is 3.49. The molecular weight excluding hydrogens is 490 g/mol. The molecule has 2 fully saturated rings. The number of fused-ring (bicyclic) bond motifs is 2. The zero-order valence-electron chi connectivity index (χ0n) is 22.0. The molecule has 0 spiro atoms. The van der Waals surface area contributed by atoms with Gasteiger partial charge in [0.2, 0.25) is 11.8 Å². The van der Waals surface area contributed by atoms with Gasteiger partial charge >= 0.3 is 6.09 Å². The molecule has 3 amide bonds. The predicted molar refractivity (Wildman–Crippen MR) is 140 cm³/mol. The van der Waals surface area contributed by atoms with Crippen molar-refractivity contribution in [2.45, 2.75) is 63.8 Å². The number of aromatic nitrogens is 1. The lowest BCUT2D eigenvalue weighted by molar-refractivity contribution is -0.138. The van der Waals surface area contributed by atoms with Crippen molar-refractivity contribution in [1.82, 2.24) is 19.7 Å². The van der Waals surface area contributed by atoms with Gasteiger partial charge in [-0.1, -0.05) is 24.8 Å². The number of carbonyl (C=O) groups is 4. The van der Waals surface area contributed by atoms with Gasteiger partial charge in [-0.3, -0.25) is 29.3 Å². The highest BCUT2D eigenvalue weighted by Gasteiger charge is 2.47. The summed E-state index contributed by atoms with van der Waals surface area (Å²) in [6.07, 6.45) is 1.72. The van der Waals surface area contributed by atoms with Crippen LogP contribution in [0.5, 0.6) is 0 Å². The van der Waals surface area contributed by atoms with Crippen LogP contribution < -0.4 is 5.32 Å². The fourth-order valence-electron chi connectivity index (χ4n) is 4.71. The van der Waals surface area contributed by atoms with Crippen molar-refractivity contribution in [2.75, 3.05) is 13.7 Å². The third-order valence-electron chi connectivity index (χ3n) is 6.67. The number of rotatable bonds is 4. The van der Waals surface area contributed by atoms with Crippen molar-refractivity contribution in [3.05, 3.63) is 48.8 Å². The second-order valence-electron chi connectivity index (χ2n) is 10.5. The molecule has 0 saturated carbocycles. The van der Waals surface area contributed by atoms with Gasteiger partial charge in [-0.15, -0.1) is 0 Å². The van der Waals surface area contributed by atoms with Gasteiger partial charge in [0.1, 0.15) is 29.4 Å². The molecule has 1 unspecified atom stereocenters. The molecule has 3 atom stereocenters. The minimum absolute atomic E-state index is 0.0368. The summed E-state index contributed by atoms with van der Waals surface area (Å²) >= 11 is 0. The summed E-state index contributed by atoms with van der Waals surface area (Å²) in [6, 6.07) is 6.67. The number of para-hydroxylation sites is 1. The van der Waals surface area contributed by atoms with Crippen LogP contribution in [-0.2, 0) is 19.1 Å². The van der Waals surface area contributed by atoms with Gasteiger partial charge in [0.05, 0.1) is 12.1 Å². The van der Waals surface area contributed by atoms with E-state index >= 15 is 0 Å². The first-order chi connectivity index (χ1) is 17.9. The van der Waals surface area contributed by atoms with Gasteiger partial charge in [-0.25, -0.2) is 4.79 Å². The summed E-state index contributed by atoms with van der Waals surface area (Å²) < 4.78 is 12.4. The Hall–Kier alpha value is -4.15. The molecule has 11 nitrogen and oxygen atoms in total. The van der Waals surface area contributed by atoms with Gasteiger partial charge < -0.3 is 19.7 Å². The maximum absolute atomic E-state index is 13.8. The highest BCUT2D eigenvalue weighted by molar-refractivity contribution is 6.02. The lowest BCUT2D eigenvalue weighted by Crippen LogP contribution is -2.58. The maximum Gasteiger partial charge on any atom is 0.414 e. The van der Waals surface area contributed by atoms with E-state index in [0.29, 0.717) is 12.8 Å². The quantitative estimate of drug-likeness (QED) is 0.592. The van der Waals surface area contributed by atoms with Crippen LogP contribution in [0.4, 0.5) is 4.79 Å². The zero-order valence-corrected chi connectivity index (χ0v) is 22.0. The van der Waals surface area contributed by atoms with Crippen molar-refractivity contribution in [3.63, 3.8) is 0 Å². The Morgan fingerprint density at radius 3 is 2.58 bits per heavy atom. The van der Waals surface area contributed by atoms with Crippen LogP contribution >= 0.6 is 0 Å². The van der Waals surface area contributed by atoms with Crippen LogP contribution in [0.3, 0.4) is 0 Å². The van der Waals surface area contributed by atoms with Gasteiger partial charge in [-0.2, -0.15) is 0 Å². The molecule has 0 bridgehead atoms. The minimum atomic E-state index is -1.04. The van der Waals surface area contributed by atoms with Gasteiger partial charge in [0.15, 0.2) is 0 Å². The van der Waals surface area contributed by atoms with Crippen LogP contribution in [0.25, 0.3) is 10.9 Å². The van der Waals surface area contributed by atoms with Crippen molar-refractivity contribution >= 4 is 40.6 Å². The Morgan fingerprint density at radius 1 is 1.16 bits per heavy atom. The summed E-state index contributed by atoms with van der Waals surface area (Å²) in [5.41, 5.74) is -0.248. The Labute approximate surface area is 220 Å². The largest absolute Gasteiger partial charge is 0.480 e. The van der Waals surface area contributed by atoms with Crippen LogP contribution in [0.1, 0.15) is 44.8 Å². The number of amides is 3. The van der Waals surface area contributed by atoms with Gasteiger partial charge in [0.25, 0.3) is 11.8 Å². The molecule has 0 aliphatic carbocycles. The van der Waals surface area contributed by atoms with Crippen LogP contribution in [-0.4, -0.2) is 81.5 Å². The van der Waals surface area contributed by atoms with E-state index in [1.54, 1.807) is 27.0 Å². The molecule has 2 aliphatic rings. The SMILES string of the molecule is C=C(C(=O)N[C@H]1CCOC(=N)C2CC[C@@H](C(=O)n3ccc4ccccc43)N2C1=O)N(C)C(=O)OC(C)(C)C. The second-order valence-corrected chi connectivity index (χ2v) is 10.5. The summed E-state index contributed by atoms with van der Waals surface area (Å²) in [7, 11) is 1.35. The number of hydrogen-bond acceptors (Lipinski definition) is 7. The van der Waals surface area contributed by atoms with E-state index in [2.05, 4.69) is 11.9 Å². The monoisotopic (exact) mass is 523 g/mol. The minimum Gasteiger partial charge on any atom is -0.480 e. The molecule has 1 aromatic carbocycles. The molecule has 2 aromatic rings. The summed E-state index contributed by atoms with van der Waals surface area (Å²) in [4.78, 5) is 55.1. The van der Waals surface area contributed by atoms with Crippen molar-refractivity contribution in [1.29, 1.82) is 5.41 Å². The standard InChI is InChI=1S/C27H33N5O6/c1-16(30(5)26(36)38-27(2,3)4)23(33)29-18-13-15-37-22(28)20-10-11-21(32(20)24(18)34)25(35)31-14-12-17-8-6-7-9-19(17)31/h6-9,12,14,18,20-21,28H,1,10-11,13,15H2,2-5H3,(H,29,33)/t18-,20?,21-/m0/s1. The van der Waals surface area contributed by atoms with Gasteiger partial charge in [-0.05, 0) is 45.7 Å². The van der Waals surface area contributed by atoms with E-state index in [9.17, 15) is 19.2 Å². The first kappa shape index (κ1) is 26.9. The first-order valence-electron chi connectivity index (χ1n) is 12.5. The average molecular weight is 524 g/mol. The normalized spacial score (nSPS) is 21.7. The highest BCUT2D eigenvalue weighted by Crippen LogP contribution is 2.30. The van der Waals surface area contributed by atoms with E-state index in [4.69, 9.17) is 14.9 Å². The van der Waals surface area contributed by atoms with E-state index < -0.39 is 41.6 Å². The van der Waals surface area contributed by atoms with E-state index in [0.717, 1.165) is 15.8 Å². The molecule has 1 aromatic heterocycles. The molecule has 2 aliphatic heterocycles. The van der Waals surface area contributed by atoms with Crippen molar-refractivity contribution in [3.8, 4) is 0 Å². The molecule has 2 N–H and O–H groups in total. The Morgan fingerprint density at radius 2 is 1.87 bits per heavy atom. The van der Waals surface area contributed by atoms with E-state index in [1.165, 1.54) is 16.5 Å². The number of likely N-dealkylation sites (N-methyl/N-ethyl adjacent to an activating group) is 1. The lowest BCUT2D eigenvalue weighted by Gasteiger charge is -2.35. The van der Waals surface area contributed by atoms with Crippen molar-refractivity contribution < 1.29 is 28.7 Å². The van der Waals surface area contributed by atoms with Gasteiger partial charge in [0, 0.05) is 25.1 Å². The van der Waals surface area contributed by atoms with Crippen molar-refractivity contribution in [2.24, 2.45) is 0 Å². The van der Waals surface area contributed by atoms with Crippen LogP contribution in [0.2, 0.25) is 0 Å². The zero-order chi connectivity index (χ0) is 27.8. The molecular formula is C27H33N5O6. The summed E-state index contributed by atoms with van der Waals surface area (Å²) in [6.45, 7) is 8.83. The third-order valence-corrected chi connectivity index (χ3v) is 6.67. The lowest BCUT2D eigenvalue weighted by atomic mass is 10.1. The Bertz CT molecular complexity index is 1310. The predicted octanol–water partition coefficient (Wildman–Crippen LogP) is 2.90. The number of nitrogens with zero attached hydrogens (tertiary/aromatic N) is 3. The maximum atomic E-state index is 13.8. The number of benzene rings is 1. The molecule has 38 heavy (non-hydrogen) atoms. The Kier molecular flexibility index (Phi) is 7.30. The molecule has 0 radical (unpaired) electrons. The Balaban J connectivity index is 1.55. The second kappa shape index (κ2) is 10.3. The molecule has 3 heterocycles. The topological polar surface area (TPSA) is 134 Å². The summed E-state index contributed by atoms with van der Waals surface area (Å²) in [5.74, 6) is -1.60. The summed E-state index contributed by atoms with van der Waals surface area (Å²) in [5, 5.41) is 11.9. The molecule has 11 heteroatoms. The fraction of sp³-hybridized carbons (Fsp3) is 0.444. The first-order valence-corrected chi connectivity index (χ1v) is 12.5. The number of ether oxygens (including phenoxy) is 2.